The Morgan fingerprint density at radius 2 is 2.00 bits per heavy atom. The minimum Gasteiger partial charge on any atom is -0.330 e. The summed E-state index contributed by atoms with van der Waals surface area (Å²) in [6, 6.07) is 16.0. The first-order chi connectivity index (χ1) is 13.2. The number of pyridine rings is 2. The number of likely N-dealkylation sites (tertiary alicyclic amines) is 1. The van der Waals surface area contributed by atoms with E-state index in [-0.39, 0.29) is 17.8 Å². The van der Waals surface area contributed by atoms with E-state index in [4.69, 9.17) is 4.98 Å². The van der Waals surface area contributed by atoms with Crippen molar-refractivity contribution in [2.24, 2.45) is 0 Å². The van der Waals surface area contributed by atoms with Crippen LogP contribution in [0.2, 0.25) is 0 Å². The topological polar surface area (TPSA) is 46.1 Å². The monoisotopic (exact) mass is 361 g/mol. The largest absolute Gasteiger partial charge is 0.330 e. The lowest BCUT2D eigenvalue weighted by atomic mass is 10.1. The van der Waals surface area contributed by atoms with E-state index in [2.05, 4.69) is 4.98 Å². The van der Waals surface area contributed by atoms with Gasteiger partial charge >= 0.3 is 0 Å². The van der Waals surface area contributed by atoms with Crippen LogP contribution in [0, 0.1) is 5.82 Å². The van der Waals surface area contributed by atoms with Crippen LogP contribution in [0.15, 0.2) is 67.0 Å². The number of aromatic nitrogens is 2. The number of nitrogens with zero attached hydrogens (tertiary/aromatic N) is 3. The number of benzene rings is 1. The van der Waals surface area contributed by atoms with Crippen molar-refractivity contribution in [1.82, 2.24) is 14.9 Å². The number of amides is 1. The number of rotatable bonds is 4. The molecule has 0 saturated carbocycles. The zero-order valence-corrected chi connectivity index (χ0v) is 14.9. The van der Waals surface area contributed by atoms with E-state index in [9.17, 15) is 9.18 Å². The van der Waals surface area contributed by atoms with Crippen LogP contribution in [0.5, 0.6) is 0 Å². The Morgan fingerprint density at radius 3 is 2.81 bits per heavy atom. The summed E-state index contributed by atoms with van der Waals surface area (Å²) in [6.07, 6.45) is 5.51. The molecular formula is C22H20FN3O. The second-order valence-corrected chi connectivity index (χ2v) is 6.72. The van der Waals surface area contributed by atoms with Gasteiger partial charge in [-0.05, 0) is 48.7 Å². The van der Waals surface area contributed by atoms with Gasteiger partial charge in [0, 0.05) is 31.1 Å². The van der Waals surface area contributed by atoms with E-state index in [1.165, 1.54) is 6.07 Å². The van der Waals surface area contributed by atoms with Gasteiger partial charge in [0.1, 0.15) is 5.82 Å². The highest BCUT2D eigenvalue weighted by Gasteiger charge is 2.31. The van der Waals surface area contributed by atoms with Crippen molar-refractivity contribution >= 4 is 5.91 Å². The first-order valence-corrected chi connectivity index (χ1v) is 9.12. The van der Waals surface area contributed by atoms with Gasteiger partial charge in [-0.2, -0.15) is 0 Å². The van der Waals surface area contributed by atoms with Crippen LogP contribution in [0.1, 0.15) is 46.2 Å². The average Bonchev–Trinajstić information content (AvgIpc) is 3.20. The Labute approximate surface area is 157 Å². The highest BCUT2D eigenvalue weighted by atomic mass is 19.1. The molecule has 5 heteroatoms. The molecule has 1 aliphatic rings. The van der Waals surface area contributed by atoms with Crippen LogP contribution in [-0.2, 0) is 6.42 Å². The van der Waals surface area contributed by atoms with Gasteiger partial charge in [0.05, 0.1) is 17.3 Å². The van der Waals surface area contributed by atoms with Crippen molar-refractivity contribution in [2.75, 3.05) is 6.54 Å². The summed E-state index contributed by atoms with van der Waals surface area (Å²) in [5.74, 6) is -0.245. The van der Waals surface area contributed by atoms with Gasteiger partial charge in [-0.1, -0.05) is 24.3 Å². The third kappa shape index (κ3) is 3.72. The molecular weight excluding hydrogens is 341 g/mol. The van der Waals surface area contributed by atoms with E-state index in [0.717, 1.165) is 24.2 Å². The highest BCUT2D eigenvalue weighted by molar-refractivity contribution is 5.94. The number of halogens is 1. The van der Waals surface area contributed by atoms with Gasteiger partial charge < -0.3 is 4.90 Å². The van der Waals surface area contributed by atoms with Crippen molar-refractivity contribution in [3.63, 3.8) is 0 Å². The minimum absolute atomic E-state index is 0.0214. The molecule has 1 amide bonds. The van der Waals surface area contributed by atoms with Gasteiger partial charge in [-0.25, -0.2) is 4.39 Å². The van der Waals surface area contributed by atoms with Crippen LogP contribution >= 0.6 is 0 Å². The molecule has 0 aliphatic carbocycles. The summed E-state index contributed by atoms with van der Waals surface area (Å²) < 4.78 is 13.9. The number of hydrogen-bond acceptors (Lipinski definition) is 3. The zero-order chi connectivity index (χ0) is 18.6. The Kier molecular flexibility index (Phi) is 4.92. The second kappa shape index (κ2) is 7.66. The predicted octanol–water partition coefficient (Wildman–Crippen LogP) is 4.18. The van der Waals surface area contributed by atoms with Crippen molar-refractivity contribution in [3.05, 3.63) is 95.3 Å². The van der Waals surface area contributed by atoms with Crippen molar-refractivity contribution in [1.29, 1.82) is 0 Å². The Hall–Kier alpha value is -3.08. The molecule has 4 nitrogen and oxygen atoms in total. The first-order valence-electron chi connectivity index (χ1n) is 9.12. The van der Waals surface area contributed by atoms with Gasteiger partial charge in [0.25, 0.3) is 5.91 Å². The summed E-state index contributed by atoms with van der Waals surface area (Å²) in [4.78, 5) is 23.5. The van der Waals surface area contributed by atoms with E-state index >= 15 is 0 Å². The molecule has 0 spiro atoms. The van der Waals surface area contributed by atoms with Gasteiger partial charge in [-0.15, -0.1) is 0 Å². The number of carbonyl (C=O) groups is 1. The molecule has 1 unspecified atom stereocenters. The lowest BCUT2D eigenvalue weighted by Crippen LogP contribution is -2.31. The molecule has 0 radical (unpaired) electrons. The quantitative estimate of drug-likeness (QED) is 0.700. The van der Waals surface area contributed by atoms with Gasteiger partial charge in [0.15, 0.2) is 0 Å². The van der Waals surface area contributed by atoms with Gasteiger partial charge in [-0.3, -0.25) is 14.8 Å². The molecule has 4 rings (SSSR count). The first kappa shape index (κ1) is 17.3. The Balaban J connectivity index is 1.57. The van der Waals surface area contributed by atoms with E-state index < -0.39 is 0 Å². The SMILES string of the molecule is O=C(c1cccnc1)N1CCCC1c1cccc(Cc2ccccc2F)n1. The minimum atomic E-state index is -0.223. The molecule has 2 aromatic heterocycles. The maximum atomic E-state index is 13.9. The van der Waals surface area contributed by atoms with Crippen molar-refractivity contribution in [2.45, 2.75) is 25.3 Å². The van der Waals surface area contributed by atoms with Crippen LogP contribution in [0.3, 0.4) is 0 Å². The van der Waals surface area contributed by atoms with Crippen molar-refractivity contribution < 1.29 is 9.18 Å². The molecule has 3 heterocycles. The Bertz CT molecular complexity index is 945. The van der Waals surface area contributed by atoms with E-state index in [0.29, 0.717) is 24.1 Å². The zero-order valence-electron chi connectivity index (χ0n) is 14.9. The second-order valence-electron chi connectivity index (χ2n) is 6.72. The molecule has 1 aliphatic heterocycles. The highest BCUT2D eigenvalue weighted by Crippen LogP contribution is 2.32. The number of hydrogen-bond donors (Lipinski definition) is 0. The molecule has 1 atom stereocenters. The maximum absolute atomic E-state index is 13.9. The van der Waals surface area contributed by atoms with Gasteiger partial charge in [0.2, 0.25) is 0 Å². The third-order valence-corrected chi connectivity index (χ3v) is 4.92. The van der Waals surface area contributed by atoms with E-state index in [1.807, 2.05) is 29.2 Å². The lowest BCUT2D eigenvalue weighted by Gasteiger charge is -2.24. The molecule has 1 saturated heterocycles. The van der Waals surface area contributed by atoms with Crippen molar-refractivity contribution in [3.8, 4) is 0 Å². The standard InChI is InChI=1S/C22H20FN3O/c23-19-9-2-1-6-16(19)14-18-8-3-10-20(25-18)21-11-5-13-26(21)22(27)17-7-4-12-24-15-17/h1-4,6-10,12,15,21H,5,11,13-14H2. The van der Waals surface area contributed by atoms with Crippen LogP contribution < -0.4 is 0 Å². The fraction of sp³-hybridized carbons (Fsp3) is 0.227. The summed E-state index contributed by atoms with van der Waals surface area (Å²) in [7, 11) is 0. The van der Waals surface area contributed by atoms with Crippen LogP contribution in [0.25, 0.3) is 0 Å². The van der Waals surface area contributed by atoms with Crippen LogP contribution in [-0.4, -0.2) is 27.3 Å². The maximum Gasteiger partial charge on any atom is 0.255 e. The average molecular weight is 361 g/mol. The summed E-state index contributed by atoms with van der Waals surface area (Å²) in [5.41, 5.74) is 2.88. The third-order valence-electron chi connectivity index (χ3n) is 4.92. The fourth-order valence-electron chi connectivity index (χ4n) is 3.59. The molecule has 27 heavy (non-hydrogen) atoms. The molecule has 0 N–H and O–H groups in total. The summed E-state index contributed by atoms with van der Waals surface area (Å²) in [5, 5.41) is 0. The lowest BCUT2D eigenvalue weighted by molar-refractivity contribution is 0.0732. The summed E-state index contributed by atoms with van der Waals surface area (Å²) in [6.45, 7) is 0.706. The smallest absolute Gasteiger partial charge is 0.255 e. The normalized spacial score (nSPS) is 16.5. The molecule has 0 bridgehead atoms. The van der Waals surface area contributed by atoms with Crippen LogP contribution in [0.4, 0.5) is 4.39 Å². The fourth-order valence-corrected chi connectivity index (χ4v) is 3.59. The Morgan fingerprint density at radius 1 is 1.11 bits per heavy atom. The predicted molar refractivity (Wildman–Crippen MR) is 101 cm³/mol. The molecule has 1 aromatic carbocycles. The molecule has 136 valence electrons. The number of carbonyl (C=O) groups excluding carboxylic acids is 1. The molecule has 3 aromatic rings. The van der Waals surface area contributed by atoms with E-state index in [1.54, 1.807) is 36.7 Å². The summed E-state index contributed by atoms with van der Waals surface area (Å²) >= 11 is 0. The molecule has 1 fully saturated rings.